The van der Waals surface area contributed by atoms with E-state index in [1.165, 1.54) is 19.2 Å². The Balaban J connectivity index is 1.86. The van der Waals surface area contributed by atoms with Gasteiger partial charge in [0, 0.05) is 13.1 Å². The van der Waals surface area contributed by atoms with Crippen LogP contribution in [0.2, 0.25) is 0 Å². The Labute approximate surface area is 221 Å². The lowest BCUT2D eigenvalue weighted by Crippen LogP contribution is -2.42. The van der Waals surface area contributed by atoms with Gasteiger partial charge < -0.3 is 24.9 Å². The molecular formula is C24H22F7N5O4. The van der Waals surface area contributed by atoms with Gasteiger partial charge in [0.05, 0.1) is 18.4 Å². The molecule has 16 heteroatoms. The number of hydrogen-bond acceptors (Lipinski definition) is 8. The van der Waals surface area contributed by atoms with Crippen LogP contribution in [0.25, 0.3) is 11.6 Å². The fraction of sp³-hybridized carbons (Fsp3) is 0.417. The third kappa shape index (κ3) is 5.52. The number of nitrogen functional groups attached to an aromatic ring is 1. The molecule has 0 aliphatic carbocycles. The van der Waals surface area contributed by atoms with E-state index < -0.39 is 70.5 Å². The molecule has 1 aromatic carbocycles. The Morgan fingerprint density at radius 2 is 1.82 bits per heavy atom. The largest absolute Gasteiger partial charge is 0.494 e. The van der Waals surface area contributed by atoms with Crippen LogP contribution in [0.1, 0.15) is 53.2 Å². The van der Waals surface area contributed by atoms with E-state index in [2.05, 4.69) is 15.2 Å². The van der Waals surface area contributed by atoms with Crippen molar-refractivity contribution in [3.05, 3.63) is 52.8 Å². The number of methoxy groups -OCH3 is 1. The van der Waals surface area contributed by atoms with E-state index in [9.17, 15) is 40.6 Å². The molecule has 3 aromatic rings. The fourth-order valence-corrected chi connectivity index (χ4v) is 4.22. The van der Waals surface area contributed by atoms with Crippen LogP contribution in [0, 0.1) is 5.82 Å². The molecule has 4 bridgehead atoms. The molecule has 1 amide bonds. The van der Waals surface area contributed by atoms with Crippen LogP contribution in [0.3, 0.4) is 0 Å². The molecule has 0 saturated heterocycles. The monoisotopic (exact) mass is 577 g/mol. The van der Waals surface area contributed by atoms with Gasteiger partial charge in [-0.25, -0.2) is 9.37 Å². The highest BCUT2D eigenvalue weighted by atomic mass is 19.4. The molecule has 0 saturated carbocycles. The maximum Gasteiger partial charge on any atom is 0.426 e. The zero-order chi connectivity index (χ0) is 29.5. The van der Waals surface area contributed by atoms with Crippen LogP contribution >= 0.6 is 0 Å². The van der Waals surface area contributed by atoms with E-state index in [-0.39, 0.29) is 38.1 Å². The number of amides is 1. The number of aliphatic hydroxyl groups is 1. The minimum absolute atomic E-state index is 0.0302. The molecular weight excluding hydrogens is 555 g/mol. The first kappa shape index (κ1) is 29.0. The van der Waals surface area contributed by atoms with Crippen LogP contribution in [-0.2, 0) is 18.3 Å². The minimum Gasteiger partial charge on any atom is -0.494 e. The van der Waals surface area contributed by atoms with Gasteiger partial charge in [0.15, 0.2) is 17.3 Å². The molecule has 216 valence electrons. The van der Waals surface area contributed by atoms with Gasteiger partial charge >= 0.3 is 12.4 Å². The second-order valence-corrected chi connectivity index (χ2v) is 9.10. The van der Waals surface area contributed by atoms with E-state index in [0.29, 0.717) is 11.6 Å². The van der Waals surface area contributed by atoms with Gasteiger partial charge in [-0.05, 0) is 43.0 Å². The Morgan fingerprint density at radius 3 is 2.48 bits per heavy atom. The summed E-state index contributed by atoms with van der Waals surface area (Å²) in [6.07, 6.45) is -11.4. The van der Waals surface area contributed by atoms with Crippen LogP contribution in [0.4, 0.5) is 36.4 Å². The maximum absolute atomic E-state index is 14.0. The highest BCUT2D eigenvalue weighted by molar-refractivity contribution is 5.95. The predicted molar refractivity (Wildman–Crippen MR) is 123 cm³/mol. The smallest absolute Gasteiger partial charge is 0.426 e. The van der Waals surface area contributed by atoms with Gasteiger partial charge in [0.2, 0.25) is 5.60 Å². The number of carbonyl (C=O) groups excluding carboxylic acids is 1. The molecule has 4 rings (SSSR count). The van der Waals surface area contributed by atoms with Gasteiger partial charge in [0.25, 0.3) is 17.7 Å². The Morgan fingerprint density at radius 1 is 1.10 bits per heavy atom. The number of carbonyl (C=O) groups is 1. The van der Waals surface area contributed by atoms with E-state index >= 15 is 0 Å². The van der Waals surface area contributed by atoms with Gasteiger partial charge in [-0.15, -0.1) is 10.2 Å². The Bertz CT molecular complexity index is 1410. The topological polar surface area (TPSA) is 128 Å². The van der Waals surface area contributed by atoms with Crippen molar-refractivity contribution < 1.29 is 49.8 Å². The third-order valence-electron chi connectivity index (χ3n) is 6.35. The van der Waals surface area contributed by atoms with Crippen molar-refractivity contribution in [2.75, 3.05) is 19.4 Å². The molecule has 0 spiro atoms. The van der Waals surface area contributed by atoms with Crippen LogP contribution in [0.15, 0.2) is 28.7 Å². The van der Waals surface area contributed by atoms with E-state index in [1.807, 2.05) is 0 Å². The van der Waals surface area contributed by atoms with Gasteiger partial charge in [-0.2, -0.15) is 26.3 Å². The molecule has 9 nitrogen and oxygen atoms in total. The van der Waals surface area contributed by atoms with Crippen molar-refractivity contribution in [3.63, 3.8) is 0 Å². The van der Waals surface area contributed by atoms with E-state index in [1.54, 1.807) is 0 Å². The Hall–Kier alpha value is -3.95. The number of aromatic nitrogens is 3. The molecule has 40 heavy (non-hydrogen) atoms. The van der Waals surface area contributed by atoms with Crippen molar-refractivity contribution in [1.82, 2.24) is 20.1 Å². The normalized spacial score (nSPS) is 18.9. The van der Waals surface area contributed by atoms with Crippen molar-refractivity contribution in [2.24, 2.45) is 0 Å². The second-order valence-electron chi connectivity index (χ2n) is 9.10. The lowest BCUT2D eigenvalue weighted by molar-refractivity contribution is -0.277. The third-order valence-corrected chi connectivity index (χ3v) is 6.35. The fourth-order valence-electron chi connectivity index (χ4n) is 4.22. The molecule has 0 unspecified atom stereocenters. The van der Waals surface area contributed by atoms with Gasteiger partial charge in [-0.1, -0.05) is 12.5 Å². The van der Waals surface area contributed by atoms with E-state index in [0.717, 1.165) is 11.0 Å². The summed E-state index contributed by atoms with van der Waals surface area (Å²) in [6, 6.07) is 3.99. The highest BCUT2D eigenvalue weighted by Crippen LogP contribution is 2.43. The zero-order valence-electron chi connectivity index (χ0n) is 20.7. The highest BCUT2D eigenvalue weighted by Gasteiger charge is 2.58. The first-order chi connectivity index (χ1) is 18.7. The van der Waals surface area contributed by atoms with Crippen LogP contribution in [-0.4, -0.2) is 50.9 Å². The molecule has 1 aliphatic rings. The lowest BCUT2D eigenvalue weighted by atomic mass is 9.95. The summed E-state index contributed by atoms with van der Waals surface area (Å²) in [6.45, 7) is -0.522. The zero-order valence-corrected chi connectivity index (χ0v) is 20.7. The molecule has 0 radical (unpaired) electrons. The molecule has 1 atom stereocenters. The van der Waals surface area contributed by atoms with Crippen molar-refractivity contribution >= 4 is 11.6 Å². The number of pyridine rings is 1. The number of fused-ring (bicyclic) bond motifs is 5. The number of ether oxygens (including phenoxy) is 1. The number of halogens is 7. The maximum atomic E-state index is 14.0. The number of alkyl halides is 6. The molecule has 3 N–H and O–H groups in total. The standard InChI is InChI=1S/C24H22F7N5O4/c1-39-16-9-12(5-6-14(16)25)11-36-8-4-2-3-7-22(38,24(29,30)31)21-35-34-19(40-21)18-15(32)10-13(23(26,27)28)17(33-18)20(36)37/h5-6,9-10,38H,2-4,7-8,11,32H2,1H3/t22-/m1/s1. The van der Waals surface area contributed by atoms with Crippen molar-refractivity contribution in [2.45, 2.75) is 50.2 Å². The Kier molecular flexibility index (Phi) is 7.66. The molecule has 1 aliphatic heterocycles. The lowest BCUT2D eigenvalue weighted by Gasteiger charge is -2.28. The summed E-state index contributed by atoms with van der Waals surface area (Å²) >= 11 is 0. The molecule has 0 fully saturated rings. The quantitative estimate of drug-likeness (QED) is 0.423. The van der Waals surface area contributed by atoms with Crippen molar-refractivity contribution in [3.8, 4) is 17.3 Å². The average Bonchev–Trinajstić information content (AvgIpc) is 3.37. The van der Waals surface area contributed by atoms with Crippen molar-refractivity contribution in [1.29, 1.82) is 0 Å². The summed E-state index contributed by atoms with van der Waals surface area (Å²) < 4.78 is 107. The number of hydrogen-bond donors (Lipinski definition) is 2. The second kappa shape index (κ2) is 10.6. The average molecular weight is 577 g/mol. The first-order valence-electron chi connectivity index (χ1n) is 11.8. The number of nitrogens with two attached hydrogens (primary N) is 1. The number of nitrogens with zero attached hydrogens (tertiary/aromatic N) is 4. The van der Waals surface area contributed by atoms with Gasteiger partial charge in [0.1, 0.15) is 5.69 Å². The SMILES string of the molecule is COc1cc(CN2CCCCC[C@](O)(C(F)(F)F)c3nnc(o3)-c3nc(c(C(F)(F)F)cc3N)C2=O)ccc1F. The number of benzene rings is 1. The van der Waals surface area contributed by atoms with E-state index in [4.69, 9.17) is 14.9 Å². The first-order valence-corrected chi connectivity index (χ1v) is 11.8. The summed E-state index contributed by atoms with van der Waals surface area (Å²) in [5.74, 6) is -4.13. The summed E-state index contributed by atoms with van der Waals surface area (Å²) in [4.78, 5) is 18.3. The summed E-state index contributed by atoms with van der Waals surface area (Å²) in [7, 11) is 1.20. The summed E-state index contributed by atoms with van der Waals surface area (Å²) in [5.41, 5.74) is -1.54. The predicted octanol–water partition coefficient (Wildman–Crippen LogP) is 4.85. The molecule has 3 heterocycles. The molecule has 2 aromatic heterocycles. The summed E-state index contributed by atoms with van der Waals surface area (Å²) in [5, 5.41) is 17.2. The van der Waals surface area contributed by atoms with Crippen LogP contribution in [0.5, 0.6) is 5.75 Å². The number of anilines is 1. The minimum atomic E-state index is -5.23. The van der Waals surface area contributed by atoms with Gasteiger partial charge in [-0.3, -0.25) is 4.79 Å². The number of rotatable bonds is 3. The van der Waals surface area contributed by atoms with Crippen LogP contribution < -0.4 is 10.5 Å².